The van der Waals surface area contributed by atoms with Crippen LogP contribution in [0.4, 0.5) is 0 Å². The predicted octanol–water partition coefficient (Wildman–Crippen LogP) is 2.07. The molecular weight excluding hydrogens is 252 g/mol. The zero-order valence-corrected chi connectivity index (χ0v) is 12.7. The molecule has 114 valence electrons. The summed E-state index contributed by atoms with van der Waals surface area (Å²) < 4.78 is 5.71. The molecular formula is C16H28N2O2. The van der Waals surface area contributed by atoms with Crippen molar-refractivity contribution in [2.75, 3.05) is 20.2 Å². The molecule has 0 aromatic heterocycles. The second-order valence-corrected chi connectivity index (χ2v) is 7.17. The number of likely N-dealkylation sites (tertiary alicyclic amines) is 1. The van der Waals surface area contributed by atoms with Crippen molar-refractivity contribution in [1.82, 2.24) is 4.90 Å². The number of nitrogens with two attached hydrogens (primary N) is 1. The topological polar surface area (TPSA) is 55.6 Å². The van der Waals surface area contributed by atoms with E-state index in [0.29, 0.717) is 6.10 Å². The molecule has 2 N–H and O–H groups in total. The molecule has 0 unspecified atom stereocenters. The first-order valence-electron chi connectivity index (χ1n) is 8.21. The van der Waals surface area contributed by atoms with Crippen LogP contribution < -0.4 is 5.73 Å². The zero-order chi connectivity index (χ0) is 14.2. The van der Waals surface area contributed by atoms with Crippen LogP contribution in [0.1, 0.15) is 57.8 Å². The van der Waals surface area contributed by atoms with Crippen molar-refractivity contribution in [2.24, 2.45) is 11.1 Å². The Morgan fingerprint density at radius 2 is 1.85 bits per heavy atom. The molecule has 20 heavy (non-hydrogen) atoms. The van der Waals surface area contributed by atoms with Gasteiger partial charge in [0, 0.05) is 25.6 Å². The Morgan fingerprint density at radius 3 is 2.55 bits per heavy atom. The number of nitrogens with zero attached hydrogens (tertiary/aromatic N) is 1. The van der Waals surface area contributed by atoms with E-state index in [1.807, 2.05) is 7.11 Å². The van der Waals surface area contributed by atoms with Gasteiger partial charge in [-0.15, -0.1) is 0 Å². The molecule has 1 heterocycles. The average Bonchev–Trinajstić information content (AvgIpc) is 3.06. The van der Waals surface area contributed by atoms with Crippen LogP contribution in [0.15, 0.2) is 0 Å². The van der Waals surface area contributed by atoms with Crippen LogP contribution in [0.3, 0.4) is 0 Å². The van der Waals surface area contributed by atoms with Gasteiger partial charge in [0.1, 0.15) is 0 Å². The number of piperidine rings is 1. The van der Waals surface area contributed by atoms with Crippen molar-refractivity contribution >= 4 is 5.91 Å². The Labute approximate surface area is 122 Å². The molecule has 4 nitrogen and oxygen atoms in total. The molecule has 0 radical (unpaired) electrons. The van der Waals surface area contributed by atoms with Gasteiger partial charge in [-0.3, -0.25) is 4.79 Å². The van der Waals surface area contributed by atoms with E-state index in [0.717, 1.165) is 51.6 Å². The highest BCUT2D eigenvalue weighted by Crippen LogP contribution is 2.47. The summed E-state index contributed by atoms with van der Waals surface area (Å²) in [5, 5.41) is 0. The van der Waals surface area contributed by atoms with Crippen molar-refractivity contribution in [2.45, 2.75) is 69.4 Å². The van der Waals surface area contributed by atoms with Gasteiger partial charge < -0.3 is 15.4 Å². The molecule has 0 aromatic carbocycles. The molecule has 1 spiro atoms. The van der Waals surface area contributed by atoms with Crippen molar-refractivity contribution in [1.29, 1.82) is 0 Å². The van der Waals surface area contributed by atoms with Gasteiger partial charge in [-0.05, 0) is 38.5 Å². The van der Waals surface area contributed by atoms with Crippen LogP contribution in [-0.2, 0) is 9.53 Å². The maximum Gasteiger partial charge on any atom is 0.242 e. The number of hydrogen-bond acceptors (Lipinski definition) is 3. The summed E-state index contributed by atoms with van der Waals surface area (Å²) in [4.78, 5) is 14.9. The van der Waals surface area contributed by atoms with Crippen LogP contribution in [0.5, 0.6) is 0 Å². The maximum absolute atomic E-state index is 12.8. The first-order chi connectivity index (χ1) is 9.60. The summed E-state index contributed by atoms with van der Waals surface area (Å²) in [6, 6.07) is 0. The lowest BCUT2D eigenvalue weighted by atomic mass is 9.76. The largest absolute Gasteiger partial charge is 0.381 e. The third-order valence-corrected chi connectivity index (χ3v) is 5.93. The fraction of sp³-hybridized carbons (Fsp3) is 0.938. The fourth-order valence-electron chi connectivity index (χ4n) is 4.81. The molecule has 2 saturated carbocycles. The first-order valence-corrected chi connectivity index (χ1v) is 8.21. The van der Waals surface area contributed by atoms with Gasteiger partial charge in [0.15, 0.2) is 0 Å². The molecule has 1 saturated heterocycles. The number of amides is 1. The van der Waals surface area contributed by atoms with Crippen LogP contribution in [0, 0.1) is 5.41 Å². The average molecular weight is 280 g/mol. The lowest BCUT2D eigenvalue weighted by Crippen LogP contribution is -2.58. The minimum Gasteiger partial charge on any atom is -0.381 e. The number of hydrogen-bond donors (Lipinski definition) is 1. The standard InChI is InChI=1S/C16H28N2O2/c1-20-13-6-4-7-15(13)8-5-11-18(12-15)14(19)16(17)9-2-3-10-16/h13H,2-12,17H2,1H3/t13-,15-/m1/s1. The third kappa shape index (κ3) is 2.27. The third-order valence-electron chi connectivity index (χ3n) is 5.93. The monoisotopic (exact) mass is 280 g/mol. The maximum atomic E-state index is 12.8. The highest BCUT2D eigenvalue weighted by molar-refractivity contribution is 5.86. The van der Waals surface area contributed by atoms with Gasteiger partial charge in [0.05, 0.1) is 11.6 Å². The summed E-state index contributed by atoms with van der Waals surface area (Å²) in [7, 11) is 1.82. The molecule has 1 aliphatic heterocycles. The normalized spacial score (nSPS) is 36.7. The number of carbonyl (C=O) groups is 1. The van der Waals surface area contributed by atoms with Crippen molar-refractivity contribution < 1.29 is 9.53 Å². The quantitative estimate of drug-likeness (QED) is 0.842. The van der Waals surface area contributed by atoms with Crippen molar-refractivity contribution in [3.8, 4) is 0 Å². The minimum atomic E-state index is -0.570. The molecule has 0 aromatic rings. The lowest BCUT2D eigenvalue weighted by Gasteiger charge is -2.45. The summed E-state index contributed by atoms with van der Waals surface area (Å²) >= 11 is 0. The molecule has 3 rings (SSSR count). The second-order valence-electron chi connectivity index (χ2n) is 7.17. The Hall–Kier alpha value is -0.610. The first kappa shape index (κ1) is 14.3. The van der Waals surface area contributed by atoms with E-state index in [2.05, 4.69) is 4.90 Å². The molecule has 2 aliphatic carbocycles. The summed E-state index contributed by atoms with van der Waals surface area (Å²) in [6.45, 7) is 1.75. The van der Waals surface area contributed by atoms with Gasteiger partial charge in [-0.2, -0.15) is 0 Å². The summed E-state index contributed by atoms with van der Waals surface area (Å²) in [6.07, 6.45) is 10.1. The molecule has 0 bridgehead atoms. The number of ether oxygens (including phenoxy) is 1. The Balaban J connectivity index is 1.73. The highest BCUT2D eigenvalue weighted by atomic mass is 16.5. The SMILES string of the molecule is CO[C@@H]1CCC[C@]12CCCN(C(=O)C1(N)CCCC1)C2. The number of methoxy groups -OCH3 is 1. The molecule has 4 heteroatoms. The van der Waals surface area contributed by atoms with Crippen LogP contribution in [0.25, 0.3) is 0 Å². The van der Waals surface area contributed by atoms with Gasteiger partial charge in [0.2, 0.25) is 5.91 Å². The highest BCUT2D eigenvalue weighted by Gasteiger charge is 2.49. The molecule has 3 fully saturated rings. The molecule has 3 aliphatic rings. The van der Waals surface area contributed by atoms with E-state index in [-0.39, 0.29) is 11.3 Å². The van der Waals surface area contributed by atoms with Gasteiger partial charge in [-0.25, -0.2) is 0 Å². The minimum absolute atomic E-state index is 0.204. The van der Waals surface area contributed by atoms with E-state index in [4.69, 9.17) is 10.5 Å². The zero-order valence-electron chi connectivity index (χ0n) is 12.7. The van der Waals surface area contributed by atoms with E-state index in [1.165, 1.54) is 19.3 Å². The number of rotatable bonds is 2. The van der Waals surface area contributed by atoms with E-state index in [1.54, 1.807) is 0 Å². The van der Waals surface area contributed by atoms with Gasteiger partial charge >= 0.3 is 0 Å². The Morgan fingerprint density at radius 1 is 1.15 bits per heavy atom. The Kier molecular flexibility index (Phi) is 3.80. The van der Waals surface area contributed by atoms with Gasteiger partial charge in [0.25, 0.3) is 0 Å². The van der Waals surface area contributed by atoms with Crippen molar-refractivity contribution in [3.05, 3.63) is 0 Å². The molecule has 1 amide bonds. The number of carbonyl (C=O) groups excluding carboxylic acids is 1. The van der Waals surface area contributed by atoms with Crippen LogP contribution >= 0.6 is 0 Å². The van der Waals surface area contributed by atoms with Crippen LogP contribution in [0.2, 0.25) is 0 Å². The second kappa shape index (κ2) is 5.30. The smallest absolute Gasteiger partial charge is 0.242 e. The predicted molar refractivity (Wildman–Crippen MR) is 78.3 cm³/mol. The summed E-state index contributed by atoms with van der Waals surface area (Å²) in [5.74, 6) is 0.204. The van der Waals surface area contributed by atoms with E-state index < -0.39 is 5.54 Å². The lowest BCUT2D eigenvalue weighted by molar-refractivity contribution is -0.143. The van der Waals surface area contributed by atoms with Crippen LogP contribution in [-0.4, -0.2) is 42.6 Å². The van der Waals surface area contributed by atoms with Gasteiger partial charge in [-0.1, -0.05) is 19.3 Å². The van der Waals surface area contributed by atoms with Crippen molar-refractivity contribution in [3.63, 3.8) is 0 Å². The fourth-order valence-corrected chi connectivity index (χ4v) is 4.81. The van der Waals surface area contributed by atoms with E-state index >= 15 is 0 Å². The summed E-state index contributed by atoms with van der Waals surface area (Å²) in [5.41, 5.74) is 6.00. The van der Waals surface area contributed by atoms with E-state index in [9.17, 15) is 4.79 Å². The molecule has 2 atom stereocenters. The Bertz CT molecular complexity index is 379.